The topological polar surface area (TPSA) is 24.9 Å². The van der Waals surface area contributed by atoms with Gasteiger partial charge in [0.1, 0.15) is 18.1 Å². The van der Waals surface area contributed by atoms with E-state index in [9.17, 15) is 0 Å². The summed E-state index contributed by atoms with van der Waals surface area (Å²) in [5, 5.41) is 0.625. The molecular formula is C22H29ClN2O2. The quantitative estimate of drug-likeness (QED) is 0.679. The molecule has 0 radical (unpaired) electrons. The van der Waals surface area contributed by atoms with Crippen molar-refractivity contribution >= 4 is 11.6 Å². The molecule has 2 aromatic rings. The molecule has 1 heterocycles. The Kier molecular flexibility index (Phi) is 7.39. The summed E-state index contributed by atoms with van der Waals surface area (Å²) in [7, 11) is 3.89. The highest BCUT2D eigenvalue weighted by molar-refractivity contribution is 6.32. The van der Waals surface area contributed by atoms with Gasteiger partial charge in [-0.2, -0.15) is 0 Å². The summed E-state index contributed by atoms with van der Waals surface area (Å²) in [5.74, 6) is 1.55. The summed E-state index contributed by atoms with van der Waals surface area (Å²) in [6.45, 7) is 6.30. The molecule has 27 heavy (non-hydrogen) atoms. The minimum atomic E-state index is 0.444. The first-order valence-electron chi connectivity index (χ1n) is 9.59. The summed E-state index contributed by atoms with van der Waals surface area (Å²) in [5.41, 5.74) is 2.37. The Morgan fingerprint density at radius 1 is 1.00 bits per heavy atom. The van der Waals surface area contributed by atoms with E-state index >= 15 is 0 Å². The highest BCUT2D eigenvalue weighted by Gasteiger charge is 2.13. The first-order chi connectivity index (χ1) is 13.2. The van der Waals surface area contributed by atoms with Gasteiger partial charge in [0.05, 0.1) is 12.1 Å². The second kappa shape index (κ2) is 9.98. The van der Waals surface area contributed by atoms with E-state index in [-0.39, 0.29) is 0 Å². The summed E-state index contributed by atoms with van der Waals surface area (Å²) in [6.07, 6.45) is 2.23. The van der Waals surface area contributed by atoms with Crippen molar-refractivity contribution in [2.75, 3.05) is 46.9 Å². The largest absolute Gasteiger partial charge is 0.496 e. The van der Waals surface area contributed by atoms with Gasteiger partial charge in [-0.25, -0.2) is 0 Å². The molecule has 1 fully saturated rings. The Bertz CT molecular complexity index is 730. The van der Waals surface area contributed by atoms with Crippen molar-refractivity contribution in [1.82, 2.24) is 9.80 Å². The monoisotopic (exact) mass is 388 g/mol. The van der Waals surface area contributed by atoms with Crippen molar-refractivity contribution in [3.63, 3.8) is 0 Å². The number of benzene rings is 2. The molecule has 1 saturated heterocycles. The minimum Gasteiger partial charge on any atom is -0.496 e. The molecule has 0 aliphatic carbocycles. The fraction of sp³-hybridized carbons (Fsp3) is 0.455. The highest BCUT2D eigenvalue weighted by Crippen LogP contribution is 2.27. The molecule has 0 bridgehead atoms. The minimum absolute atomic E-state index is 0.444. The number of ether oxygens (including phenoxy) is 2. The van der Waals surface area contributed by atoms with Crippen molar-refractivity contribution in [3.05, 3.63) is 58.6 Å². The molecular weight excluding hydrogens is 360 g/mol. The van der Waals surface area contributed by atoms with Crippen LogP contribution in [-0.2, 0) is 13.0 Å². The van der Waals surface area contributed by atoms with Gasteiger partial charge in [-0.1, -0.05) is 29.8 Å². The van der Waals surface area contributed by atoms with Crippen LogP contribution in [-0.4, -0.2) is 56.7 Å². The Labute approximate surface area is 167 Å². The number of para-hydroxylation sites is 1. The second-order valence-electron chi connectivity index (χ2n) is 7.11. The van der Waals surface area contributed by atoms with Crippen LogP contribution in [0.4, 0.5) is 0 Å². The van der Waals surface area contributed by atoms with Gasteiger partial charge in [0.15, 0.2) is 0 Å². The zero-order valence-electron chi connectivity index (χ0n) is 16.3. The lowest BCUT2D eigenvalue weighted by Crippen LogP contribution is -2.44. The SMILES string of the molecule is COc1ccc(CCCN2CCN(C)CC2)cc1COc1ccccc1Cl. The molecule has 0 saturated carbocycles. The van der Waals surface area contributed by atoms with Crippen LogP contribution in [0.5, 0.6) is 11.5 Å². The summed E-state index contributed by atoms with van der Waals surface area (Å²) >= 11 is 6.18. The van der Waals surface area contributed by atoms with Crippen LogP contribution in [0.1, 0.15) is 17.5 Å². The summed E-state index contributed by atoms with van der Waals surface area (Å²) in [4.78, 5) is 4.95. The van der Waals surface area contributed by atoms with Gasteiger partial charge >= 0.3 is 0 Å². The average molecular weight is 389 g/mol. The van der Waals surface area contributed by atoms with Gasteiger partial charge in [0, 0.05) is 31.7 Å². The van der Waals surface area contributed by atoms with Crippen LogP contribution in [0.2, 0.25) is 5.02 Å². The lowest BCUT2D eigenvalue weighted by atomic mass is 10.1. The predicted molar refractivity (Wildman–Crippen MR) is 111 cm³/mol. The molecule has 0 atom stereocenters. The molecule has 1 aliphatic rings. The second-order valence-corrected chi connectivity index (χ2v) is 7.52. The lowest BCUT2D eigenvalue weighted by Gasteiger charge is -2.32. The van der Waals surface area contributed by atoms with Crippen molar-refractivity contribution in [1.29, 1.82) is 0 Å². The number of likely N-dealkylation sites (N-methyl/N-ethyl adjacent to an activating group) is 1. The number of rotatable bonds is 8. The maximum Gasteiger partial charge on any atom is 0.138 e. The maximum absolute atomic E-state index is 6.18. The van der Waals surface area contributed by atoms with Gasteiger partial charge in [-0.15, -0.1) is 0 Å². The molecule has 2 aromatic carbocycles. The first kappa shape index (κ1) is 20.0. The molecule has 1 aliphatic heterocycles. The van der Waals surface area contributed by atoms with Crippen LogP contribution in [0.3, 0.4) is 0 Å². The van der Waals surface area contributed by atoms with E-state index in [0.717, 1.165) is 24.3 Å². The zero-order chi connectivity index (χ0) is 19.1. The van der Waals surface area contributed by atoms with E-state index in [4.69, 9.17) is 21.1 Å². The fourth-order valence-corrected chi connectivity index (χ4v) is 3.59. The van der Waals surface area contributed by atoms with E-state index in [1.165, 1.54) is 38.2 Å². The first-order valence-corrected chi connectivity index (χ1v) is 9.97. The average Bonchev–Trinajstić information content (AvgIpc) is 2.69. The zero-order valence-corrected chi connectivity index (χ0v) is 17.0. The predicted octanol–water partition coefficient (Wildman–Crippen LogP) is 4.11. The van der Waals surface area contributed by atoms with Gasteiger partial charge in [-0.3, -0.25) is 0 Å². The van der Waals surface area contributed by atoms with Crippen molar-refractivity contribution < 1.29 is 9.47 Å². The number of halogens is 1. The maximum atomic E-state index is 6.18. The Hall–Kier alpha value is -1.75. The third-order valence-corrected chi connectivity index (χ3v) is 5.41. The molecule has 146 valence electrons. The van der Waals surface area contributed by atoms with Gasteiger partial charge in [0.2, 0.25) is 0 Å². The summed E-state index contributed by atoms with van der Waals surface area (Å²) in [6, 6.07) is 13.9. The standard InChI is InChI=1S/C22H29ClN2O2/c1-24-12-14-25(15-13-24)11-5-6-18-9-10-21(26-2)19(16-18)17-27-22-8-4-3-7-20(22)23/h3-4,7-10,16H,5-6,11-15,17H2,1-2H3. The molecule has 0 amide bonds. The lowest BCUT2D eigenvalue weighted by molar-refractivity contribution is 0.153. The fourth-order valence-electron chi connectivity index (χ4n) is 3.40. The normalized spacial score (nSPS) is 15.7. The third-order valence-electron chi connectivity index (χ3n) is 5.10. The number of nitrogens with zero attached hydrogens (tertiary/aromatic N) is 2. The number of methoxy groups -OCH3 is 1. The Morgan fingerprint density at radius 3 is 2.52 bits per heavy atom. The number of hydrogen-bond donors (Lipinski definition) is 0. The number of aryl methyl sites for hydroxylation is 1. The summed E-state index contributed by atoms with van der Waals surface area (Å²) < 4.78 is 11.4. The molecule has 0 N–H and O–H groups in total. The Balaban J connectivity index is 1.55. The van der Waals surface area contributed by atoms with Gasteiger partial charge in [0.25, 0.3) is 0 Å². The van der Waals surface area contributed by atoms with E-state index < -0.39 is 0 Å². The van der Waals surface area contributed by atoms with Crippen molar-refractivity contribution in [2.45, 2.75) is 19.4 Å². The van der Waals surface area contributed by atoms with E-state index in [1.807, 2.05) is 30.3 Å². The highest BCUT2D eigenvalue weighted by atomic mass is 35.5. The molecule has 3 rings (SSSR count). The third kappa shape index (κ3) is 5.86. The molecule has 0 spiro atoms. The molecule has 0 aromatic heterocycles. The van der Waals surface area contributed by atoms with E-state index in [1.54, 1.807) is 7.11 Å². The van der Waals surface area contributed by atoms with Gasteiger partial charge < -0.3 is 19.3 Å². The van der Waals surface area contributed by atoms with Crippen LogP contribution in [0.25, 0.3) is 0 Å². The van der Waals surface area contributed by atoms with E-state index in [0.29, 0.717) is 17.4 Å². The molecule has 5 heteroatoms. The van der Waals surface area contributed by atoms with Crippen LogP contribution in [0.15, 0.2) is 42.5 Å². The van der Waals surface area contributed by atoms with E-state index in [2.05, 4.69) is 29.0 Å². The van der Waals surface area contributed by atoms with Crippen molar-refractivity contribution in [2.24, 2.45) is 0 Å². The van der Waals surface area contributed by atoms with Crippen LogP contribution < -0.4 is 9.47 Å². The molecule has 4 nitrogen and oxygen atoms in total. The van der Waals surface area contributed by atoms with Gasteiger partial charge in [-0.05, 0) is 56.3 Å². The van der Waals surface area contributed by atoms with Crippen LogP contribution in [0, 0.1) is 0 Å². The number of piperazine rings is 1. The smallest absolute Gasteiger partial charge is 0.138 e. The molecule has 0 unspecified atom stereocenters. The number of hydrogen-bond acceptors (Lipinski definition) is 4. The van der Waals surface area contributed by atoms with Crippen LogP contribution >= 0.6 is 11.6 Å². The Morgan fingerprint density at radius 2 is 1.78 bits per heavy atom. The van der Waals surface area contributed by atoms with Crippen molar-refractivity contribution in [3.8, 4) is 11.5 Å².